The summed E-state index contributed by atoms with van der Waals surface area (Å²) >= 11 is 0. The molecule has 6 nitrogen and oxygen atoms in total. The zero-order valence-electron chi connectivity index (χ0n) is 13.5. The summed E-state index contributed by atoms with van der Waals surface area (Å²) in [5, 5.41) is 2.73. The van der Waals surface area contributed by atoms with Crippen LogP contribution in [0.1, 0.15) is 31.7 Å². The van der Waals surface area contributed by atoms with E-state index >= 15 is 0 Å². The molecule has 1 saturated heterocycles. The Morgan fingerprint density at radius 3 is 2.70 bits per heavy atom. The van der Waals surface area contributed by atoms with Crippen molar-refractivity contribution in [3.05, 3.63) is 35.9 Å². The summed E-state index contributed by atoms with van der Waals surface area (Å²) in [6.45, 7) is 2.69. The number of rotatable bonds is 7. The number of amides is 1. The van der Waals surface area contributed by atoms with Crippen molar-refractivity contribution in [2.75, 3.05) is 19.6 Å². The molecule has 0 saturated carbocycles. The molecule has 7 heteroatoms. The second-order valence-corrected chi connectivity index (χ2v) is 7.58. The van der Waals surface area contributed by atoms with Gasteiger partial charge in [-0.3, -0.25) is 4.79 Å². The molecule has 1 amide bonds. The highest BCUT2D eigenvalue weighted by atomic mass is 32.2. The average molecular weight is 339 g/mol. The molecule has 1 unspecified atom stereocenters. The lowest BCUT2D eigenvalue weighted by atomic mass is 10.1. The van der Waals surface area contributed by atoms with Crippen molar-refractivity contribution in [1.29, 1.82) is 0 Å². The molecule has 0 spiro atoms. The van der Waals surface area contributed by atoms with Crippen LogP contribution in [0.4, 0.5) is 0 Å². The third kappa shape index (κ3) is 5.60. The van der Waals surface area contributed by atoms with Gasteiger partial charge in [0.05, 0.1) is 6.54 Å². The molecule has 0 aliphatic carbocycles. The molecular formula is C16H25N3O3S. The molecule has 1 aliphatic heterocycles. The Morgan fingerprint density at radius 1 is 1.26 bits per heavy atom. The minimum Gasteiger partial charge on any atom is -0.355 e. The fraction of sp³-hybridized carbons (Fsp3) is 0.562. The van der Waals surface area contributed by atoms with Crippen molar-refractivity contribution < 1.29 is 13.2 Å². The molecule has 1 aromatic carbocycles. The molecule has 0 bridgehead atoms. The van der Waals surface area contributed by atoms with Gasteiger partial charge in [-0.1, -0.05) is 36.8 Å². The van der Waals surface area contributed by atoms with E-state index in [1.165, 1.54) is 4.31 Å². The van der Waals surface area contributed by atoms with Crippen LogP contribution >= 0.6 is 0 Å². The number of carbonyl (C=O) groups excluding carboxylic acids is 1. The first-order chi connectivity index (χ1) is 11.0. The minimum absolute atomic E-state index is 0.0117. The fourth-order valence-electron chi connectivity index (χ4n) is 2.72. The summed E-state index contributed by atoms with van der Waals surface area (Å²) in [6, 6.07) is 9.82. The molecule has 1 fully saturated rings. The van der Waals surface area contributed by atoms with Crippen molar-refractivity contribution in [3.8, 4) is 0 Å². The first kappa shape index (κ1) is 17.9. The van der Waals surface area contributed by atoms with E-state index in [1.54, 1.807) is 0 Å². The zero-order chi connectivity index (χ0) is 16.7. The standard InChI is InChI=1S/C16H25N3O3S/c1-14-7-5-6-12-19(14)23(21,22)18-13-16(20)17-11-10-15-8-3-2-4-9-15/h2-4,8-9,14,18H,5-7,10-13H2,1H3,(H,17,20). The van der Waals surface area contributed by atoms with E-state index in [0.29, 0.717) is 13.1 Å². The van der Waals surface area contributed by atoms with Gasteiger partial charge < -0.3 is 5.32 Å². The maximum absolute atomic E-state index is 12.2. The molecule has 2 rings (SSSR count). The first-order valence-electron chi connectivity index (χ1n) is 8.06. The Bertz CT molecular complexity index is 604. The van der Waals surface area contributed by atoms with Gasteiger partial charge in [0.15, 0.2) is 0 Å². The molecule has 0 aromatic heterocycles. The average Bonchev–Trinajstić information content (AvgIpc) is 2.54. The molecule has 128 valence electrons. The van der Waals surface area contributed by atoms with Crippen LogP contribution in [0.2, 0.25) is 0 Å². The van der Waals surface area contributed by atoms with Crippen molar-refractivity contribution in [1.82, 2.24) is 14.3 Å². The largest absolute Gasteiger partial charge is 0.355 e. The van der Waals surface area contributed by atoms with Crippen LogP contribution in [0.3, 0.4) is 0 Å². The molecule has 23 heavy (non-hydrogen) atoms. The van der Waals surface area contributed by atoms with Gasteiger partial charge in [-0.25, -0.2) is 0 Å². The van der Waals surface area contributed by atoms with E-state index in [2.05, 4.69) is 10.0 Å². The Labute approximate surface area is 138 Å². The highest BCUT2D eigenvalue weighted by Crippen LogP contribution is 2.18. The molecule has 0 radical (unpaired) electrons. The summed E-state index contributed by atoms with van der Waals surface area (Å²) in [7, 11) is -3.58. The van der Waals surface area contributed by atoms with Crippen LogP contribution in [0, 0.1) is 0 Å². The number of nitrogens with one attached hydrogen (secondary N) is 2. The number of hydrogen-bond donors (Lipinski definition) is 2. The Balaban J connectivity index is 1.73. The summed E-state index contributed by atoms with van der Waals surface area (Å²) in [6.07, 6.45) is 3.51. The maximum Gasteiger partial charge on any atom is 0.280 e. The van der Waals surface area contributed by atoms with Gasteiger partial charge in [-0.2, -0.15) is 17.4 Å². The van der Waals surface area contributed by atoms with Crippen LogP contribution in [-0.4, -0.2) is 44.3 Å². The van der Waals surface area contributed by atoms with Crippen LogP contribution in [0.25, 0.3) is 0 Å². The molecule has 1 atom stereocenters. The highest BCUT2D eigenvalue weighted by molar-refractivity contribution is 7.87. The van der Waals surface area contributed by atoms with Crippen LogP contribution in [-0.2, 0) is 21.4 Å². The van der Waals surface area contributed by atoms with Gasteiger partial charge in [0, 0.05) is 19.1 Å². The normalized spacial score (nSPS) is 19.4. The number of piperidine rings is 1. The number of carbonyl (C=O) groups is 1. The predicted octanol–water partition coefficient (Wildman–Crippen LogP) is 1.05. The summed E-state index contributed by atoms with van der Waals surface area (Å²) in [5.74, 6) is -0.311. The number of benzene rings is 1. The van der Waals surface area contributed by atoms with E-state index in [0.717, 1.165) is 31.2 Å². The van der Waals surface area contributed by atoms with Crippen molar-refractivity contribution >= 4 is 16.1 Å². The summed E-state index contributed by atoms with van der Waals surface area (Å²) in [5.41, 5.74) is 1.13. The number of hydrogen-bond acceptors (Lipinski definition) is 3. The molecule has 2 N–H and O–H groups in total. The van der Waals surface area contributed by atoms with Crippen LogP contribution < -0.4 is 10.0 Å². The Morgan fingerprint density at radius 2 is 2.00 bits per heavy atom. The fourth-order valence-corrected chi connectivity index (χ4v) is 4.15. The smallest absolute Gasteiger partial charge is 0.280 e. The van der Waals surface area contributed by atoms with Crippen molar-refractivity contribution in [3.63, 3.8) is 0 Å². The molecule has 1 heterocycles. The summed E-state index contributed by atoms with van der Waals surface area (Å²) < 4.78 is 28.3. The molecule has 1 aromatic rings. The van der Waals surface area contributed by atoms with Crippen molar-refractivity contribution in [2.24, 2.45) is 0 Å². The lowest BCUT2D eigenvalue weighted by molar-refractivity contribution is -0.119. The second kappa shape index (κ2) is 8.42. The van der Waals surface area contributed by atoms with E-state index < -0.39 is 10.2 Å². The number of nitrogens with zero attached hydrogens (tertiary/aromatic N) is 1. The highest BCUT2D eigenvalue weighted by Gasteiger charge is 2.29. The molecule has 1 aliphatic rings. The topological polar surface area (TPSA) is 78.5 Å². The second-order valence-electron chi connectivity index (χ2n) is 5.87. The van der Waals surface area contributed by atoms with Gasteiger partial charge in [-0.15, -0.1) is 0 Å². The SMILES string of the molecule is CC1CCCCN1S(=O)(=O)NCC(=O)NCCc1ccccc1. The van der Waals surface area contributed by atoms with E-state index in [-0.39, 0.29) is 18.5 Å². The third-order valence-electron chi connectivity index (χ3n) is 4.04. The monoisotopic (exact) mass is 339 g/mol. The lowest BCUT2D eigenvalue weighted by Crippen LogP contribution is -2.50. The third-order valence-corrected chi connectivity index (χ3v) is 5.71. The summed E-state index contributed by atoms with van der Waals surface area (Å²) in [4.78, 5) is 11.8. The van der Waals surface area contributed by atoms with Crippen molar-refractivity contribution in [2.45, 2.75) is 38.6 Å². The van der Waals surface area contributed by atoms with Gasteiger partial charge in [0.1, 0.15) is 0 Å². The van der Waals surface area contributed by atoms with Gasteiger partial charge in [0.2, 0.25) is 5.91 Å². The van der Waals surface area contributed by atoms with Gasteiger partial charge in [0.25, 0.3) is 10.2 Å². The van der Waals surface area contributed by atoms with Gasteiger partial charge >= 0.3 is 0 Å². The maximum atomic E-state index is 12.2. The Kier molecular flexibility index (Phi) is 6.56. The van der Waals surface area contributed by atoms with E-state index in [4.69, 9.17) is 0 Å². The Hall–Kier alpha value is -1.44. The minimum atomic E-state index is -3.58. The van der Waals surface area contributed by atoms with Crippen LogP contribution in [0.15, 0.2) is 30.3 Å². The quantitative estimate of drug-likeness (QED) is 0.779. The van der Waals surface area contributed by atoms with Crippen LogP contribution in [0.5, 0.6) is 0 Å². The molecular weight excluding hydrogens is 314 g/mol. The van der Waals surface area contributed by atoms with E-state index in [9.17, 15) is 13.2 Å². The zero-order valence-corrected chi connectivity index (χ0v) is 14.3. The first-order valence-corrected chi connectivity index (χ1v) is 9.50. The van der Waals surface area contributed by atoms with E-state index in [1.807, 2.05) is 37.3 Å². The lowest BCUT2D eigenvalue weighted by Gasteiger charge is -2.32. The van der Waals surface area contributed by atoms with Gasteiger partial charge in [-0.05, 0) is 31.7 Å². The predicted molar refractivity (Wildman–Crippen MR) is 90.1 cm³/mol.